The Balaban J connectivity index is 1.89. The molecule has 0 atom stereocenters. The SMILES string of the molecule is CC(C)(C)OC(=O)C1(S(=O)(=O)N2CCC(OCC/C=C/CC(F)(F)C(F)(F)F)CC2)CCOCC1. The molecule has 0 N–H and O–H groups in total. The lowest BCUT2D eigenvalue weighted by atomic mass is 9.99. The van der Waals surface area contributed by atoms with E-state index in [-0.39, 0.29) is 58.3 Å². The number of piperidine rings is 1. The minimum absolute atomic E-state index is 0.000391. The third kappa shape index (κ3) is 7.59. The smallest absolute Gasteiger partial charge is 0.453 e. The third-order valence-corrected chi connectivity index (χ3v) is 8.51. The normalized spacial score (nSPS) is 21.4. The molecule has 7 nitrogen and oxygen atoms in total. The Morgan fingerprint density at radius 2 is 1.63 bits per heavy atom. The average molecular weight is 536 g/mol. The fourth-order valence-corrected chi connectivity index (χ4v) is 6.01. The number of hydrogen-bond donors (Lipinski definition) is 0. The summed E-state index contributed by atoms with van der Waals surface area (Å²) in [5, 5.41) is 0. The number of sulfonamides is 1. The van der Waals surface area contributed by atoms with Crippen molar-refractivity contribution in [3.63, 3.8) is 0 Å². The van der Waals surface area contributed by atoms with Crippen LogP contribution >= 0.6 is 0 Å². The maximum Gasteiger partial charge on any atom is 0.453 e. The van der Waals surface area contributed by atoms with E-state index in [2.05, 4.69) is 0 Å². The fraction of sp³-hybridized carbons (Fsp3) is 0.864. The molecule has 0 aromatic heterocycles. The lowest BCUT2D eigenvalue weighted by Gasteiger charge is -2.41. The molecule has 0 saturated carbocycles. The van der Waals surface area contributed by atoms with Gasteiger partial charge in [-0.25, -0.2) is 12.7 Å². The van der Waals surface area contributed by atoms with Crippen LogP contribution in [0.15, 0.2) is 12.2 Å². The van der Waals surface area contributed by atoms with Gasteiger partial charge in [0.05, 0.1) is 12.7 Å². The molecule has 2 fully saturated rings. The van der Waals surface area contributed by atoms with E-state index in [4.69, 9.17) is 14.2 Å². The highest BCUT2D eigenvalue weighted by molar-refractivity contribution is 7.91. The molecule has 35 heavy (non-hydrogen) atoms. The zero-order valence-corrected chi connectivity index (χ0v) is 21.0. The predicted octanol–water partition coefficient (Wildman–Crippen LogP) is 4.22. The lowest BCUT2D eigenvalue weighted by Crippen LogP contribution is -2.59. The van der Waals surface area contributed by atoms with Crippen molar-refractivity contribution in [2.24, 2.45) is 0 Å². The van der Waals surface area contributed by atoms with E-state index in [0.717, 1.165) is 6.08 Å². The van der Waals surface area contributed by atoms with Gasteiger partial charge in [0.2, 0.25) is 10.0 Å². The number of ether oxygens (including phenoxy) is 3. The number of hydrogen-bond acceptors (Lipinski definition) is 6. The number of carbonyl (C=O) groups excluding carboxylic acids is 1. The molecular weight excluding hydrogens is 501 g/mol. The van der Waals surface area contributed by atoms with Crippen molar-refractivity contribution in [2.45, 2.75) is 87.8 Å². The standard InChI is InChI=1S/C22H34F5NO6S/c1-19(2,3)34-18(29)20(10-15-32-16-11-20)35(30,31)28-12-7-17(8-13-28)33-14-6-4-5-9-21(23,24)22(25,26)27/h4-5,17H,6-16H2,1-3H3/b5-4+. The first-order valence-corrected chi connectivity index (χ1v) is 13.0. The highest BCUT2D eigenvalue weighted by Gasteiger charge is 2.57. The molecule has 2 rings (SSSR count). The zero-order chi connectivity index (χ0) is 26.5. The van der Waals surface area contributed by atoms with Crippen molar-refractivity contribution in [1.29, 1.82) is 0 Å². The molecular formula is C22H34F5NO6S. The highest BCUT2D eigenvalue weighted by Crippen LogP contribution is 2.38. The Labute approximate surface area is 203 Å². The van der Waals surface area contributed by atoms with Crippen molar-refractivity contribution < 1.29 is 49.4 Å². The van der Waals surface area contributed by atoms with Crippen LogP contribution in [0.4, 0.5) is 22.0 Å². The van der Waals surface area contributed by atoms with Gasteiger partial charge in [-0.1, -0.05) is 12.2 Å². The molecule has 0 aromatic rings. The minimum Gasteiger partial charge on any atom is -0.459 e. The quantitative estimate of drug-likeness (QED) is 0.190. The van der Waals surface area contributed by atoms with Gasteiger partial charge >= 0.3 is 18.1 Å². The summed E-state index contributed by atoms with van der Waals surface area (Å²) < 4.78 is 105. The summed E-state index contributed by atoms with van der Waals surface area (Å²) in [5.74, 6) is -5.56. The van der Waals surface area contributed by atoms with Crippen LogP contribution < -0.4 is 0 Å². The maximum absolute atomic E-state index is 13.6. The summed E-state index contributed by atoms with van der Waals surface area (Å²) in [4.78, 5) is 13.0. The number of esters is 1. The lowest BCUT2D eigenvalue weighted by molar-refractivity contribution is -0.280. The van der Waals surface area contributed by atoms with Crippen LogP contribution in [0.25, 0.3) is 0 Å². The zero-order valence-electron chi connectivity index (χ0n) is 20.2. The second-order valence-corrected chi connectivity index (χ2v) is 12.0. The van der Waals surface area contributed by atoms with E-state index >= 15 is 0 Å². The Kier molecular flexibility index (Phi) is 9.73. The van der Waals surface area contributed by atoms with Gasteiger partial charge in [0, 0.05) is 45.6 Å². The van der Waals surface area contributed by atoms with E-state index < -0.39 is 44.9 Å². The number of nitrogens with zero attached hydrogens (tertiary/aromatic N) is 1. The second-order valence-electron chi connectivity index (χ2n) is 9.75. The minimum atomic E-state index is -5.59. The first kappa shape index (κ1) is 29.9. The summed E-state index contributed by atoms with van der Waals surface area (Å²) in [7, 11) is -4.05. The van der Waals surface area contributed by atoms with Gasteiger partial charge in [0.1, 0.15) is 5.60 Å². The van der Waals surface area contributed by atoms with Gasteiger partial charge in [-0.2, -0.15) is 22.0 Å². The van der Waals surface area contributed by atoms with Gasteiger partial charge in [0.15, 0.2) is 4.75 Å². The van der Waals surface area contributed by atoms with Gasteiger partial charge < -0.3 is 14.2 Å². The number of alkyl halides is 5. The van der Waals surface area contributed by atoms with Crippen molar-refractivity contribution in [3.8, 4) is 0 Å². The number of rotatable bonds is 9. The Morgan fingerprint density at radius 3 is 2.14 bits per heavy atom. The van der Waals surface area contributed by atoms with Gasteiger partial charge in [-0.3, -0.25) is 4.79 Å². The molecule has 13 heteroatoms. The largest absolute Gasteiger partial charge is 0.459 e. The predicted molar refractivity (Wildman–Crippen MR) is 117 cm³/mol. The second kappa shape index (κ2) is 11.4. The molecule has 0 radical (unpaired) electrons. The number of carbonyl (C=O) groups is 1. The van der Waals surface area contributed by atoms with E-state index in [0.29, 0.717) is 12.8 Å². The topological polar surface area (TPSA) is 82.1 Å². The average Bonchev–Trinajstić information content (AvgIpc) is 2.75. The van der Waals surface area contributed by atoms with Gasteiger partial charge in [-0.05, 0) is 40.0 Å². The first-order chi connectivity index (χ1) is 16.0. The van der Waals surface area contributed by atoms with E-state index in [9.17, 15) is 35.2 Å². The Morgan fingerprint density at radius 1 is 1.06 bits per heavy atom. The van der Waals surface area contributed by atoms with Crippen LogP contribution in [-0.4, -0.2) is 80.2 Å². The van der Waals surface area contributed by atoms with Crippen LogP contribution in [0.5, 0.6) is 0 Å². The molecule has 0 unspecified atom stereocenters. The van der Waals surface area contributed by atoms with Crippen molar-refractivity contribution in [2.75, 3.05) is 32.9 Å². The van der Waals surface area contributed by atoms with E-state index in [1.54, 1.807) is 20.8 Å². The van der Waals surface area contributed by atoms with Crippen LogP contribution in [-0.2, 0) is 29.0 Å². The number of halogens is 5. The van der Waals surface area contributed by atoms with Crippen molar-refractivity contribution >= 4 is 16.0 Å². The van der Waals surface area contributed by atoms with E-state index in [1.807, 2.05) is 0 Å². The van der Waals surface area contributed by atoms with Crippen molar-refractivity contribution in [1.82, 2.24) is 4.31 Å². The van der Waals surface area contributed by atoms with Crippen LogP contribution in [0, 0.1) is 0 Å². The molecule has 2 heterocycles. The number of allylic oxidation sites excluding steroid dienone is 1. The summed E-state index contributed by atoms with van der Waals surface area (Å²) in [6, 6.07) is 0. The molecule has 2 aliphatic heterocycles. The van der Waals surface area contributed by atoms with Crippen LogP contribution in [0.2, 0.25) is 0 Å². The molecule has 2 aliphatic rings. The maximum atomic E-state index is 13.6. The molecule has 0 spiro atoms. The third-order valence-electron chi connectivity index (χ3n) is 5.90. The van der Waals surface area contributed by atoms with E-state index in [1.165, 1.54) is 10.4 Å². The van der Waals surface area contributed by atoms with Crippen LogP contribution in [0.1, 0.15) is 59.3 Å². The summed E-state index contributed by atoms with van der Waals surface area (Å²) in [5.41, 5.74) is -0.851. The molecule has 0 aliphatic carbocycles. The fourth-order valence-electron chi connectivity index (χ4n) is 3.89. The first-order valence-electron chi connectivity index (χ1n) is 11.5. The highest BCUT2D eigenvalue weighted by atomic mass is 32.2. The molecule has 0 amide bonds. The monoisotopic (exact) mass is 535 g/mol. The van der Waals surface area contributed by atoms with Crippen molar-refractivity contribution in [3.05, 3.63) is 12.2 Å². The Bertz CT molecular complexity index is 839. The van der Waals surface area contributed by atoms with Crippen LogP contribution in [0.3, 0.4) is 0 Å². The molecule has 2 saturated heterocycles. The van der Waals surface area contributed by atoms with Gasteiger partial charge in [0.25, 0.3) is 0 Å². The molecule has 204 valence electrons. The summed E-state index contributed by atoms with van der Waals surface area (Å²) in [6.45, 7) is 5.63. The summed E-state index contributed by atoms with van der Waals surface area (Å²) >= 11 is 0. The Hall–Kier alpha value is -1.31. The summed E-state index contributed by atoms with van der Waals surface area (Å²) in [6.07, 6.45) is -4.48. The van der Waals surface area contributed by atoms with Gasteiger partial charge in [-0.15, -0.1) is 0 Å². The molecule has 0 bridgehead atoms. The molecule has 0 aromatic carbocycles.